The van der Waals surface area contributed by atoms with Gasteiger partial charge in [0.1, 0.15) is 0 Å². The van der Waals surface area contributed by atoms with Gasteiger partial charge < -0.3 is 0 Å². The van der Waals surface area contributed by atoms with E-state index in [1.165, 1.54) is 154 Å². The van der Waals surface area contributed by atoms with E-state index >= 15 is 0 Å². The van der Waals surface area contributed by atoms with E-state index in [9.17, 15) is 8.42 Å². The minimum Gasteiger partial charge on any atom is -0.264 e. The van der Waals surface area contributed by atoms with Crippen LogP contribution >= 0.6 is 0 Å². The van der Waals surface area contributed by atoms with Crippen molar-refractivity contribution in [2.45, 2.75) is 187 Å². The Morgan fingerprint density at radius 2 is 0.895 bits per heavy atom. The summed E-state index contributed by atoms with van der Waals surface area (Å²) in [7, 11) is -4.37. The van der Waals surface area contributed by atoms with Crippen molar-refractivity contribution in [2.75, 3.05) is 6.61 Å². The maximum absolute atomic E-state index is 11.0. The summed E-state index contributed by atoms with van der Waals surface area (Å²) in [5.74, 6) is 0.0579. The van der Waals surface area contributed by atoms with Crippen molar-refractivity contribution in [1.29, 1.82) is 0 Å². The number of rotatable bonds is 31. The van der Waals surface area contributed by atoms with Gasteiger partial charge in [0, 0.05) is 5.92 Å². The average molecular weight is 559 g/mol. The van der Waals surface area contributed by atoms with Gasteiger partial charge in [-0.2, -0.15) is 8.42 Å². The van der Waals surface area contributed by atoms with E-state index in [1.807, 2.05) is 0 Å². The molecule has 1 atom stereocenters. The van der Waals surface area contributed by atoms with E-state index in [0.717, 1.165) is 19.3 Å². The second-order valence-electron chi connectivity index (χ2n) is 11.6. The van der Waals surface area contributed by atoms with Crippen LogP contribution in [0.15, 0.2) is 12.2 Å². The van der Waals surface area contributed by atoms with Crippen LogP contribution in [0.4, 0.5) is 0 Å². The SMILES string of the molecule is CCCCCCCCCCCCCCCCCC/C=C/C(CCCCCCCCCCC)COS(=O)(=O)O. The number of hydrogen-bond donors (Lipinski definition) is 1. The molecule has 0 heterocycles. The van der Waals surface area contributed by atoms with Crippen molar-refractivity contribution in [3.8, 4) is 0 Å². The Morgan fingerprint density at radius 3 is 1.26 bits per heavy atom. The van der Waals surface area contributed by atoms with Crippen LogP contribution in [-0.4, -0.2) is 19.6 Å². The highest BCUT2D eigenvalue weighted by Gasteiger charge is 2.11. The molecule has 0 aliphatic carbocycles. The van der Waals surface area contributed by atoms with Gasteiger partial charge in [0.05, 0.1) is 6.61 Å². The summed E-state index contributed by atoms with van der Waals surface area (Å²) in [5, 5.41) is 0. The topological polar surface area (TPSA) is 63.6 Å². The van der Waals surface area contributed by atoms with E-state index in [4.69, 9.17) is 4.55 Å². The summed E-state index contributed by atoms with van der Waals surface area (Å²) >= 11 is 0. The second kappa shape index (κ2) is 29.6. The lowest BCUT2D eigenvalue weighted by Crippen LogP contribution is -2.12. The van der Waals surface area contributed by atoms with Crippen LogP contribution in [0.1, 0.15) is 187 Å². The quantitative estimate of drug-likeness (QED) is 0.0522. The summed E-state index contributed by atoms with van der Waals surface area (Å²) in [5.41, 5.74) is 0. The zero-order valence-electron chi connectivity index (χ0n) is 25.6. The van der Waals surface area contributed by atoms with Crippen LogP contribution in [0, 0.1) is 5.92 Å². The van der Waals surface area contributed by atoms with E-state index in [-0.39, 0.29) is 12.5 Å². The Bertz CT molecular complexity index is 588. The smallest absolute Gasteiger partial charge is 0.264 e. The van der Waals surface area contributed by atoms with E-state index in [1.54, 1.807) is 0 Å². The molecule has 0 aliphatic heterocycles. The first-order valence-electron chi connectivity index (χ1n) is 16.8. The fraction of sp³-hybridized carbons (Fsp3) is 0.939. The Labute approximate surface area is 239 Å². The van der Waals surface area contributed by atoms with Gasteiger partial charge in [-0.1, -0.05) is 180 Å². The van der Waals surface area contributed by atoms with Crippen molar-refractivity contribution in [3.05, 3.63) is 12.2 Å². The van der Waals surface area contributed by atoms with Gasteiger partial charge in [-0.25, -0.2) is 4.18 Å². The summed E-state index contributed by atoms with van der Waals surface area (Å²) in [4.78, 5) is 0. The molecule has 0 rings (SSSR count). The Hall–Kier alpha value is -0.390. The zero-order chi connectivity index (χ0) is 28.0. The van der Waals surface area contributed by atoms with Crippen molar-refractivity contribution in [1.82, 2.24) is 0 Å². The first-order chi connectivity index (χ1) is 18.5. The molecular weight excluding hydrogens is 492 g/mol. The van der Waals surface area contributed by atoms with Gasteiger partial charge in [-0.3, -0.25) is 4.55 Å². The van der Waals surface area contributed by atoms with Crippen molar-refractivity contribution in [2.24, 2.45) is 5.92 Å². The molecule has 0 aromatic heterocycles. The van der Waals surface area contributed by atoms with Crippen LogP contribution in [0.3, 0.4) is 0 Å². The van der Waals surface area contributed by atoms with E-state index < -0.39 is 10.4 Å². The summed E-state index contributed by atoms with van der Waals surface area (Å²) < 4.78 is 35.7. The highest BCUT2D eigenvalue weighted by Crippen LogP contribution is 2.17. The molecule has 0 saturated heterocycles. The van der Waals surface area contributed by atoms with Crippen LogP contribution in [0.5, 0.6) is 0 Å². The van der Waals surface area contributed by atoms with E-state index in [0.29, 0.717) is 0 Å². The molecule has 4 nitrogen and oxygen atoms in total. The van der Waals surface area contributed by atoms with Crippen molar-refractivity contribution in [3.63, 3.8) is 0 Å². The van der Waals surface area contributed by atoms with Crippen LogP contribution in [0.25, 0.3) is 0 Å². The largest absolute Gasteiger partial charge is 0.397 e. The van der Waals surface area contributed by atoms with Crippen LogP contribution < -0.4 is 0 Å². The Balaban J connectivity index is 3.72. The molecule has 5 heteroatoms. The highest BCUT2D eigenvalue weighted by atomic mass is 32.3. The Morgan fingerprint density at radius 1 is 0.553 bits per heavy atom. The molecule has 0 fully saturated rings. The molecule has 0 aliphatic rings. The first kappa shape index (κ1) is 37.6. The zero-order valence-corrected chi connectivity index (χ0v) is 26.4. The monoisotopic (exact) mass is 558 g/mol. The summed E-state index contributed by atoms with van der Waals surface area (Å²) in [6, 6.07) is 0. The predicted molar refractivity (Wildman–Crippen MR) is 166 cm³/mol. The summed E-state index contributed by atoms with van der Waals surface area (Å²) in [6.45, 7) is 4.58. The number of hydrogen-bond acceptors (Lipinski definition) is 3. The molecule has 0 aromatic carbocycles. The molecule has 0 aromatic rings. The lowest BCUT2D eigenvalue weighted by molar-refractivity contribution is 0.234. The minimum atomic E-state index is -4.37. The molecule has 0 spiro atoms. The maximum Gasteiger partial charge on any atom is 0.397 e. The average Bonchev–Trinajstić information content (AvgIpc) is 2.89. The van der Waals surface area contributed by atoms with Gasteiger partial charge in [-0.15, -0.1) is 0 Å². The fourth-order valence-corrected chi connectivity index (χ4v) is 5.57. The lowest BCUT2D eigenvalue weighted by atomic mass is 9.99. The molecule has 0 saturated carbocycles. The molecule has 1 N–H and O–H groups in total. The van der Waals surface area contributed by atoms with Gasteiger partial charge in [0.2, 0.25) is 0 Å². The predicted octanol–water partition coefficient (Wildman–Crippen LogP) is 11.6. The third kappa shape index (κ3) is 31.8. The standard InChI is InChI=1S/C33H66O4S/c1-3-5-7-9-11-13-14-15-16-17-18-19-20-21-23-25-27-29-31-33(32-37-38(34,35)36)30-28-26-24-22-12-10-8-6-4-2/h29,31,33H,3-28,30,32H2,1-2H3,(H,34,35,36)/b31-29+. The third-order valence-electron chi connectivity index (χ3n) is 7.74. The van der Waals surface area contributed by atoms with Gasteiger partial charge in [-0.05, 0) is 19.3 Å². The van der Waals surface area contributed by atoms with Crippen molar-refractivity contribution < 1.29 is 17.2 Å². The van der Waals surface area contributed by atoms with Crippen LogP contribution in [0.2, 0.25) is 0 Å². The lowest BCUT2D eigenvalue weighted by Gasteiger charge is -2.12. The minimum absolute atomic E-state index is 0.0469. The Kier molecular flexibility index (Phi) is 29.3. The normalized spacial score (nSPS) is 13.0. The second-order valence-corrected chi connectivity index (χ2v) is 12.7. The highest BCUT2D eigenvalue weighted by molar-refractivity contribution is 7.80. The van der Waals surface area contributed by atoms with Gasteiger partial charge in [0.25, 0.3) is 0 Å². The van der Waals surface area contributed by atoms with Gasteiger partial charge >= 0.3 is 10.4 Å². The van der Waals surface area contributed by atoms with Gasteiger partial charge in [0.15, 0.2) is 0 Å². The molecule has 228 valence electrons. The maximum atomic E-state index is 11.0. The molecular formula is C33H66O4S. The van der Waals surface area contributed by atoms with Crippen molar-refractivity contribution >= 4 is 10.4 Å². The number of unbranched alkanes of at least 4 members (excludes halogenated alkanes) is 24. The molecule has 0 amide bonds. The third-order valence-corrected chi connectivity index (χ3v) is 8.18. The molecule has 1 unspecified atom stereocenters. The number of allylic oxidation sites excluding steroid dienone is 1. The fourth-order valence-electron chi connectivity index (χ4n) is 5.22. The van der Waals surface area contributed by atoms with E-state index in [2.05, 4.69) is 30.2 Å². The molecule has 38 heavy (non-hydrogen) atoms. The first-order valence-corrected chi connectivity index (χ1v) is 18.1. The van der Waals surface area contributed by atoms with Crippen LogP contribution in [-0.2, 0) is 14.6 Å². The molecule has 0 bridgehead atoms. The summed E-state index contributed by atoms with van der Waals surface area (Å²) in [6.07, 6.45) is 39.8. The molecule has 0 radical (unpaired) electrons.